The van der Waals surface area contributed by atoms with Crippen molar-refractivity contribution in [1.82, 2.24) is 5.48 Å². The lowest BCUT2D eigenvalue weighted by atomic mass is 9.33. The van der Waals surface area contributed by atoms with Crippen molar-refractivity contribution in [1.29, 1.82) is 0 Å². The molecule has 0 aromatic carbocycles. The minimum Gasteiger partial charge on any atom is -0.462 e. The summed E-state index contributed by atoms with van der Waals surface area (Å²) < 4.78 is 5.82. The molecule has 0 unspecified atom stereocenters. The van der Waals surface area contributed by atoms with Crippen LogP contribution in [0.1, 0.15) is 113 Å². The Morgan fingerprint density at radius 3 is 2.24 bits per heavy atom. The molecule has 5 aliphatic carbocycles. The van der Waals surface area contributed by atoms with E-state index in [-0.39, 0.29) is 68.6 Å². The van der Waals surface area contributed by atoms with Crippen molar-refractivity contribution in [2.45, 2.75) is 119 Å². The lowest BCUT2D eigenvalue weighted by Gasteiger charge is -2.70. The Morgan fingerprint density at radius 1 is 0.947 bits per heavy atom. The molecule has 5 aliphatic rings. The zero-order valence-corrected chi connectivity index (χ0v) is 24.8. The molecule has 0 bridgehead atoms. The number of hydroxylamine groups is 1. The first-order valence-corrected chi connectivity index (χ1v) is 14.9. The summed E-state index contributed by atoms with van der Waals surface area (Å²) >= 11 is 0. The van der Waals surface area contributed by atoms with Gasteiger partial charge in [0.05, 0.1) is 5.41 Å². The maximum absolute atomic E-state index is 14.4. The van der Waals surface area contributed by atoms with Crippen molar-refractivity contribution in [2.24, 2.45) is 50.2 Å². The summed E-state index contributed by atoms with van der Waals surface area (Å²) in [7, 11) is 0. The molecule has 2 N–H and O–H groups in total. The van der Waals surface area contributed by atoms with E-state index in [1.165, 1.54) is 12.5 Å². The van der Waals surface area contributed by atoms with Gasteiger partial charge in [-0.2, -0.15) is 0 Å². The average molecular weight is 528 g/mol. The summed E-state index contributed by atoms with van der Waals surface area (Å²) in [5.41, 5.74) is 1.82. The fourth-order valence-corrected chi connectivity index (χ4v) is 11.0. The van der Waals surface area contributed by atoms with Crippen LogP contribution in [0.5, 0.6) is 0 Å². The topological polar surface area (TPSA) is 92.7 Å². The monoisotopic (exact) mass is 527 g/mol. The van der Waals surface area contributed by atoms with Gasteiger partial charge in [-0.25, -0.2) is 5.48 Å². The zero-order valence-electron chi connectivity index (χ0n) is 24.8. The van der Waals surface area contributed by atoms with E-state index in [4.69, 9.17) is 4.74 Å². The fraction of sp³-hybridized carbons (Fsp3) is 0.844. The largest absolute Gasteiger partial charge is 0.462 e. The number of carbonyl (C=O) groups excluding carboxylic acids is 3. The maximum Gasteiger partial charge on any atom is 0.302 e. The Balaban J connectivity index is 1.60. The van der Waals surface area contributed by atoms with Gasteiger partial charge in [-0.3, -0.25) is 19.6 Å². The Morgan fingerprint density at radius 2 is 1.61 bits per heavy atom. The molecule has 8 atom stereocenters. The lowest BCUT2D eigenvalue weighted by molar-refractivity contribution is -0.211. The smallest absolute Gasteiger partial charge is 0.302 e. The summed E-state index contributed by atoms with van der Waals surface area (Å²) in [4.78, 5) is 39.6. The van der Waals surface area contributed by atoms with Gasteiger partial charge in [0.15, 0.2) is 5.78 Å². The number of nitrogens with one attached hydrogen (secondary N) is 1. The molecular formula is C32H49NO5. The Hall–Kier alpha value is -1.69. The highest BCUT2D eigenvalue weighted by molar-refractivity contribution is 5.96. The van der Waals surface area contributed by atoms with Gasteiger partial charge in [0.2, 0.25) is 5.91 Å². The molecule has 0 aromatic heterocycles. The van der Waals surface area contributed by atoms with E-state index in [9.17, 15) is 19.6 Å². The Labute approximate surface area is 228 Å². The van der Waals surface area contributed by atoms with Crippen molar-refractivity contribution < 1.29 is 24.3 Å². The standard InChI is InChI=1S/C32H49NO5/c1-19(34)38-24-10-11-29(6)23(28(24,4)5)9-12-31(8)25(29)22(35)17-20-21-18-27(2,3)13-15-32(21,26(36)33-37)16-14-30(20,31)7/h17,21,23-25,37H,9-16,18H2,1-8H3,(H,33,36)/t21-,23-,24-,25+,29-,30+,31+,32-/m0/s1. The minimum absolute atomic E-state index is 0.0412. The predicted molar refractivity (Wildman–Crippen MR) is 145 cm³/mol. The second-order valence-electron chi connectivity index (χ2n) is 15.8. The Bertz CT molecular complexity index is 1090. The number of esters is 1. The van der Waals surface area contributed by atoms with Crippen LogP contribution in [0.25, 0.3) is 0 Å². The van der Waals surface area contributed by atoms with Crippen LogP contribution >= 0.6 is 0 Å². The molecule has 4 fully saturated rings. The first-order valence-electron chi connectivity index (χ1n) is 14.9. The third kappa shape index (κ3) is 3.50. The molecule has 212 valence electrons. The summed E-state index contributed by atoms with van der Waals surface area (Å²) in [5, 5.41) is 9.77. The van der Waals surface area contributed by atoms with Crippen molar-refractivity contribution in [3.8, 4) is 0 Å². The fourth-order valence-electron chi connectivity index (χ4n) is 11.0. The van der Waals surface area contributed by atoms with Gasteiger partial charge >= 0.3 is 5.97 Å². The summed E-state index contributed by atoms with van der Waals surface area (Å²) in [6.45, 7) is 17.6. The number of carbonyl (C=O) groups is 3. The van der Waals surface area contributed by atoms with Crippen LogP contribution < -0.4 is 5.48 Å². The van der Waals surface area contributed by atoms with Gasteiger partial charge in [0, 0.05) is 18.3 Å². The van der Waals surface area contributed by atoms with Gasteiger partial charge < -0.3 is 4.74 Å². The van der Waals surface area contributed by atoms with Gasteiger partial charge in [0.25, 0.3) is 0 Å². The van der Waals surface area contributed by atoms with Crippen molar-refractivity contribution in [3.05, 3.63) is 11.6 Å². The van der Waals surface area contributed by atoms with Crippen LogP contribution in [0.2, 0.25) is 0 Å². The molecule has 6 heteroatoms. The third-order valence-corrected chi connectivity index (χ3v) is 13.2. The summed E-state index contributed by atoms with van der Waals surface area (Å²) in [6.07, 6.45) is 9.57. The molecule has 0 saturated heterocycles. The third-order valence-electron chi connectivity index (χ3n) is 13.2. The molecular weight excluding hydrogens is 478 g/mol. The average Bonchev–Trinajstić information content (AvgIpc) is 2.81. The van der Waals surface area contributed by atoms with Gasteiger partial charge in [-0.05, 0) is 97.4 Å². The number of ketones is 1. The van der Waals surface area contributed by atoms with Crippen molar-refractivity contribution in [3.63, 3.8) is 0 Å². The van der Waals surface area contributed by atoms with Crippen molar-refractivity contribution >= 4 is 17.7 Å². The van der Waals surface area contributed by atoms with Crippen LogP contribution in [0.4, 0.5) is 0 Å². The van der Waals surface area contributed by atoms with Crippen LogP contribution in [-0.2, 0) is 19.1 Å². The van der Waals surface area contributed by atoms with E-state index in [1.807, 2.05) is 11.6 Å². The molecule has 0 radical (unpaired) electrons. The number of hydrogen-bond acceptors (Lipinski definition) is 5. The summed E-state index contributed by atoms with van der Waals surface area (Å²) in [6, 6.07) is 0. The first-order chi connectivity index (χ1) is 17.5. The van der Waals surface area contributed by atoms with E-state index in [1.54, 1.807) is 0 Å². The molecule has 0 aliphatic heterocycles. The van der Waals surface area contributed by atoms with E-state index in [0.717, 1.165) is 57.8 Å². The second-order valence-corrected chi connectivity index (χ2v) is 15.8. The molecule has 0 aromatic rings. The van der Waals surface area contributed by atoms with Crippen LogP contribution in [0, 0.1) is 50.2 Å². The van der Waals surface area contributed by atoms with E-state index >= 15 is 0 Å². The maximum atomic E-state index is 14.4. The van der Waals surface area contributed by atoms with E-state index in [0.29, 0.717) is 0 Å². The van der Waals surface area contributed by atoms with Crippen LogP contribution in [0.3, 0.4) is 0 Å². The van der Waals surface area contributed by atoms with Gasteiger partial charge in [-0.15, -0.1) is 0 Å². The van der Waals surface area contributed by atoms with Gasteiger partial charge in [0.1, 0.15) is 6.10 Å². The minimum atomic E-state index is -0.649. The quantitative estimate of drug-likeness (QED) is 0.246. The Kier molecular flexibility index (Phi) is 6.16. The normalized spacial score (nSPS) is 46.9. The van der Waals surface area contributed by atoms with Gasteiger partial charge in [-0.1, -0.05) is 54.0 Å². The lowest BCUT2D eigenvalue weighted by Crippen LogP contribution is -2.67. The van der Waals surface area contributed by atoms with E-state index < -0.39 is 5.41 Å². The molecule has 1 amide bonds. The predicted octanol–water partition coefficient (Wildman–Crippen LogP) is 6.40. The molecule has 5 rings (SSSR count). The van der Waals surface area contributed by atoms with Crippen molar-refractivity contribution in [2.75, 3.05) is 0 Å². The SMILES string of the molecule is CC(=O)O[C@H]1CC[C@]2(C)[C@H]3C(=O)C=C4[C@@H]5CC(C)(C)CC[C@]5(C(=O)NO)CC[C@@]4(C)[C@]3(C)CC[C@H]2C1(C)C. The molecule has 0 spiro atoms. The number of rotatable bonds is 2. The van der Waals surface area contributed by atoms with E-state index in [2.05, 4.69) is 48.5 Å². The number of ether oxygens (including phenoxy) is 1. The summed E-state index contributed by atoms with van der Waals surface area (Å²) in [5.74, 6) is -0.143. The first kappa shape index (κ1) is 27.9. The highest BCUT2D eigenvalue weighted by atomic mass is 16.5. The van der Waals surface area contributed by atoms with Crippen LogP contribution in [0.15, 0.2) is 11.6 Å². The highest BCUT2D eigenvalue weighted by Crippen LogP contribution is 2.75. The molecule has 6 nitrogen and oxygen atoms in total. The molecule has 0 heterocycles. The number of hydrogen-bond donors (Lipinski definition) is 2. The highest BCUT2D eigenvalue weighted by Gasteiger charge is 2.71. The number of amides is 1. The molecule has 38 heavy (non-hydrogen) atoms. The zero-order chi connectivity index (χ0) is 28.1. The molecule has 4 saturated carbocycles. The van der Waals surface area contributed by atoms with Crippen LogP contribution in [-0.4, -0.2) is 29.0 Å². The number of allylic oxidation sites excluding steroid dienone is 2. The number of fused-ring (bicyclic) bond motifs is 7. The second kappa shape index (κ2) is 8.41.